The molecule has 0 aromatic heterocycles. The molecule has 2 saturated carbocycles. The highest BCUT2D eigenvalue weighted by Crippen LogP contribution is 2.53. The molecule has 0 radical (unpaired) electrons. The second-order valence-electron chi connectivity index (χ2n) is 8.09. The molecule has 7 nitrogen and oxygen atoms in total. The van der Waals surface area contributed by atoms with Gasteiger partial charge in [0.1, 0.15) is 0 Å². The molecule has 2 amide bonds. The van der Waals surface area contributed by atoms with E-state index in [1.807, 2.05) is 18.2 Å². The van der Waals surface area contributed by atoms with Crippen LogP contribution in [-0.4, -0.2) is 30.2 Å². The number of benzene rings is 2. The molecule has 2 N–H and O–H groups in total. The number of esters is 1. The van der Waals surface area contributed by atoms with Gasteiger partial charge >= 0.3 is 5.97 Å². The summed E-state index contributed by atoms with van der Waals surface area (Å²) in [5.41, 5.74) is 5.51. The summed E-state index contributed by atoms with van der Waals surface area (Å²) in [5.74, 6) is -2.33. The Morgan fingerprint density at radius 3 is 2.00 bits per heavy atom. The number of rotatable bonds is 6. The van der Waals surface area contributed by atoms with Crippen molar-refractivity contribution in [3.05, 3.63) is 71.8 Å². The molecule has 0 saturated heterocycles. The van der Waals surface area contributed by atoms with E-state index >= 15 is 0 Å². The SMILES string of the molecule is O=C(COC(=O)[C@@H]1[C@H]2CC[C@@H](C2)[C@H]1C(=O)c1ccccc1)NNC(=O)c1ccccc1. The van der Waals surface area contributed by atoms with Gasteiger partial charge in [0.25, 0.3) is 11.8 Å². The van der Waals surface area contributed by atoms with Gasteiger partial charge in [-0.25, -0.2) is 0 Å². The van der Waals surface area contributed by atoms with E-state index in [9.17, 15) is 19.2 Å². The zero-order chi connectivity index (χ0) is 21.8. The lowest BCUT2D eigenvalue weighted by Gasteiger charge is -2.28. The molecule has 31 heavy (non-hydrogen) atoms. The molecular weight excluding hydrogens is 396 g/mol. The quantitative estimate of drug-likeness (QED) is 0.425. The highest BCUT2D eigenvalue weighted by molar-refractivity contribution is 6.01. The van der Waals surface area contributed by atoms with Crippen molar-refractivity contribution in [3.8, 4) is 0 Å². The Balaban J connectivity index is 1.32. The van der Waals surface area contributed by atoms with Gasteiger partial charge in [0.15, 0.2) is 12.4 Å². The fraction of sp³-hybridized carbons (Fsp3) is 0.333. The van der Waals surface area contributed by atoms with Crippen molar-refractivity contribution in [3.63, 3.8) is 0 Å². The van der Waals surface area contributed by atoms with E-state index in [1.54, 1.807) is 42.5 Å². The maximum absolute atomic E-state index is 13.1. The van der Waals surface area contributed by atoms with Crippen molar-refractivity contribution in [1.82, 2.24) is 10.9 Å². The fourth-order valence-corrected chi connectivity index (χ4v) is 4.86. The molecule has 0 aliphatic heterocycles. The minimum absolute atomic E-state index is 0.0330. The molecule has 2 aromatic carbocycles. The summed E-state index contributed by atoms with van der Waals surface area (Å²) in [6.45, 7) is -0.520. The molecule has 7 heteroatoms. The van der Waals surface area contributed by atoms with Gasteiger partial charge in [0.05, 0.1) is 5.92 Å². The number of carbonyl (C=O) groups is 4. The molecular formula is C24H24N2O5. The third kappa shape index (κ3) is 4.50. The van der Waals surface area contributed by atoms with E-state index in [4.69, 9.17) is 4.74 Å². The number of fused-ring (bicyclic) bond motifs is 2. The highest BCUT2D eigenvalue weighted by Gasteiger charge is 2.54. The standard InChI is InChI=1S/C24H24N2O5/c27-19(25-26-23(29)16-9-5-2-6-10-16)14-31-24(30)21-18-12-11-17(13-18)20(21)22(28)15-7-3-1-4-8-15/h1-10,17-18,20-21H,11-14H2,(H,25,27)(H,26,29)/t17-,18-,20+,21+/m0/s1. The average molecular weight is 420 g/mol. The number of ketones is 1. The summed E-state index contributed by atoms with van der Waals surface area (Å²) in [6.07, 6.45) is 2.66. The molecule has 160 valence electrons. The normalized spacial score (nSPS) is 23.7. The van der Waals surface area contributed by atoms with E-state index in [-0.39, 0.29) is 17.6 Å². The molecule has 4 atom stereocenters. The fourth-order valence-electron chi connectivity index (χ4n) is 4.86. The Hall–Kier alpha value is -3.48. The summed E-state index contributed by atoms with van der Waals surface area (Å²) >= 11 is 0. The number of ether oxygens (including phenoxy) is 1. The first-order chi connectivity index (χ1) is 15.0. The molecule has 0 heterocycles. The van der Waals surface area contributed by atoms with Crippen LogP contribution < -0.4 is 10.9 Å². The number of hydrogen-bond acceptors (Lipinski definition) is 5. The summed E-state index contributed by atoms with van der Waals surface area (Å²) in [7, 11) is 0. The number of Topliss-reactive ketones (excluding diaryl/α,β-unsaturated/α-hetero) is 1. The van der Waals surface area contributed by atoms with Crippen LogP contribution in [0.15, 0.2) is 60.7 Å². The Morgan fingerprint density at radius 1 is 0.774 bits per heavy atom. The molecule has 0 unspecified atom stereocenters. The van der Waals surface area contributed by atoms with Crippen molar-refractivity contribution in [2.75, 3.05) is 6.61 Å². The van der Waals surface area contributed by atoms with E-state index < -0.39 is 36.2 Å². The lowest BCUT2D eigenvalue weighted by Crippen LogP contribution is -2.44. The molecule has 2 aromatic rings. The molecule has 4 rings (SSSR count). The predicted molar refractivity (Wildman–Crippen MR) is 112 cm³/mol. The van der Waals surface area contributed by atoms with Crippen LogP contribution in [-0.2, 0) is 14.3 Å². The van der Waals surface area contributed by atoms with Crippen molar-refractivity contribution >= 4 is 23.6 Å². The van der Waals surface area contributed by atoms with E-state index in [0.29, 0.717) is 11.1 Å². The maximum atomic E-state index is 13.1. The van der Waals surface area contributed by atoms with Gasteiger partial charge in [-0.05, 0) is 43.2 Å². The summed E-state index contributed by atoms with van der Waals surface area (Å²) in [4.78, 5) is 49.9. The van der Waals surface area contributed by atoms with Gasteiger partial charge in [0, 0.05) is 17.0 Å². The van der Waals surface area contributed by atoms with Crippen molar-refractivity contribution in [1.29, 1.82) is 0 Å². The lowest BCUT2D eigenvalue weighted by molar-refractivity contribution is -0.155. The van der Waals surface area contributed by atoms with Crippen LogP contribution in [0.25, 0.3) is 0 Å². The largest absolute Gasteiger partial charge is 0.455 e. The zero-order valence-electron chi connectivity index (χ0n) is 17.0. The molecule has 2 aliphatic rings. The number of nitrogens with one attached hydrogen (secondary N) is 2. The minimum Gasteiger partial charge on any atom is -0.455 e. The van der Waals surface area contributed by atoms with Crippen LogP contribution in [0.1, 0.15) is 40.0 Å². The van der Waals surface area contributed by atoms with E-state index in [1.165, 1.54) is 0 Å². The first kappa shape index (κ1) is 20.8. The monoisotopic (exact) mass is 420 g/mol. The van der Waals surface area contributed by atoms with Crippen LogP contribution in [0.2, 0.25) is 0 Å². The number of hydrogen-bond donors (Lipinski definition) is 2. The molecule has 2 bridgehead atoms. The van der Waals surface area contributed by atoms with Crippen LogP contribution in [0.5, 0.6) is 0 Å². The third-order valence-corrected chi connectivity index (χ3v) is 6.25. The predicted octanol–water partition coefficient (Wildman–Crippen LogP) is 2.54. The molecule has 2 aliphatic carbocycles. The summed E-state index contributed by atoms with van der Waals surface area (Å²) in [5, 5.41) is 0. The van der Waals surface area contributed by atoms with Crippen LogP contribution in [0.3, 0.4) is 0 Å². The van der Waals surface area contributed by atoms with Gasteiger partial charge in [-0.3, -0.25) is 30.0 Å². The first-order valence-corrected chi connectivity index (χ1v) is 10.4. The van der Waals surface area contributed by atoms with Gasteiger partial charge < -0.3 is 4.74 Å². The van der Waals surface area contributed by atoms with Gasteiger partial charge in [0.2, 0.25) is 0 Å². The maximum Gasteiger partial charge on any atom is 0.310 e. The molecule has 0 spiro atoms. The number of amides is 2. The highest BCUT2D eigenvalue weighted by atomic mass is 16.5. The Kier molecular flexibility index (Phi) is 6.11. The zero-order valence-corrected chi connectivity index (χ0v) is 17.0. The van der Waals surface area contributed by atoms with Crippen LogP contribution in [0, 0.1) is 23.7 Å². The van der Waals surface area contributed by atoms with Crippen LogP contribution >= 0.6 is 0 Å². The second-order valence-corrected chi connectivity index (χ2v) is 8.09. The van der Waals surface area contributed by atoms with Crippen molar-refractivity contribution < 1.29 is 23.9 Å². The third-order valence-electron chi connectivity index (χ3n) is 6.25. The van der Waals surface area contributed by atoms with Gasteiger partial charge in [-0.2, -0.15) is 0 Å². The second kappa shape index (κ2) is 9.12. The topological polar surface area (TPSA) is 102 Å². The van der Waals surface area contributed by atoms with Crippen LogP contribution in [0.4, 0.5) is 0 Å². The Labute approximate surface area is 180 Å². The average Bonchev–Trinajstić information content (AvgIpc) is 3.43. The van der Waals surface area contributed by atoms with Gasteiger partial charge in [-0.1, -0.05) is 48.5 Å². The van der Waals surface area contributed by atoms with Crippen molar-refractivity contribution in [2.24, 2.45) is 23.7 Å². The van der Waals surface area contributed by atoms with E-state index in [2.05, 4.69) is 10.9 Å². The minimum atomic E-state index is -0.647. The summed E-state index contributed by atoms with van der Waals surface area (Å²) in [6, 6.07) is 17.4. The summed E-state index contributed by atoms with van der Waals surface area (Å²) < 4.78 is 5.24. The Morgan fingerprint density at radius 2 is 1.35 bits per heavy atom. The smallest absolute Gasteiger partial charge is 0.310 e. The number of hydrazine groups is 1. The Bertz CT molecular complexity index is 976. The van der Waals surface area contributed by atoms with Gasteiger partial charge in [-0.15, -0.1) is 0 Å². The molecule has 2 fully saturated rings. The lowest BCUT2D eigenvalue weighted by atomic mass is 9.75. The number of carbonyl (C=O) groups excluding carboxylic acids is 4. The first-order valence-electron chi connectivity index (χ1n) is 10.4. The van der Waals surface area contributed by atoms with Crippen molar-refractivity contribution in [2.45, 2.75) is 19.3 Å². The van der Waals surface area contributed by atoms with E-state index in [0.717, 1.165) is 19.3 Å².